The Balaban J connectivity index is 2.61. The van der Waals surface area contributed by atoms with Crippen molar-refractivity contribution in [3.8, 4) is 0 Å². The largest absolute Gasteiger partial charge is 0.478 e. The van der Waals surface area contributed by atoms with Gasteiger partial charge in [0.1, 0.15) is 5.82 Å². The quantitative estimate of drug-likeness (QED) is 0.617. The van der Waals surface area contributed by atoms with Gasteiger partial charge in [-0.2, -0.15) is 0 Å². The Hall–Kier alpha value is -1.07. The molecule has 1 aromatic rings. The highest BCUT2D eigenvalue weighted by atomic mass is 32.2. The van der Waals surface area contributed by atoms with Gasteiger partial charge in [0.2, 0.25) is 0 Å². The van der Waals surface area contributed by atoms with Crippen LogP contribution in [-0.4, -0.2) is 30.5 Å². The van der Waals surface area contributed by atoms with Crippen molar-refractivity contribution in [2.75, 3.05) is 19.5 Å². The third-order valence-corrected chi connectivity index (χ3v) is 3.01. The molecule has 0 aliphatic rings. The number of rotatable bonds is 6. The molecule has 0 aliphatic heterocycles. The van der Waals surface area contributed by atoms with E-state index in [0.29, 0.717) is 6.61 Å². The van der Waals surface area contributed by atoms with Crippen LogP contribution in [0.3, 0.4) is 0 Å². The fourth-order valence-electron chi connectivity index (χ4n) is 1.15. The van der Waals surface area contributed by atoms with Crippen molar-refractivity contribution in [1.82, 2.24) is 0 Å². The van der Waals surface area contributed by atoms with Crippen LogP contribution < -0.4 is 0 Å². The van der Waals surface area contributed by atoms with E-state index in [1.54, 1.807) is 13.2 Å². The maximum absolute atomic E-state index is 13.1. The number of carboxylic acids is 1. The predicted molar refractivity (Wildman–Crippen MR) is 60.6 cm³/mol. The zero-order chi connectivity index (χ0) is 12.0. The molecule has 3 nitrogen and oxygen atoms in total. The smallest absolute Gasteiger partial charge is 0.338 e. The van der Waals surface area contributed by atoms with Crippen LogP contribution in [0.2, 0.25) is 0 Å². The highest BCUT2D eigenvalue weighted by Crippen LogP contribution is 2.21. The zero-order valence-electron chi connectivity index (χ0n) is 8.90. The van der Waals surface area contributed by atoms with Crippen LogP contribution in [0.1, 0.15) is 16.8 Å². The molecular formula is C11H13FO3S. The van der Waals surface area contributed by atoms with E-state index in [0.717, 1.165) is 17.1 Å². The Morgan fingerprint density at radius 2 is 2.31 bits per heavy atom. The molecular weight excluding hydrogens is 231 g/mol. The maximum atomic E-state index is 13.1. The zero-order valence-corrected chi connectivity index (χ0v) is 9.72. The number of ether oxygens (including phenoxy) is 1. The molecule has 0 bridgehead atoms. The molecule has 0 saturated carbocycles. The van der Waals surface area contributed by atoms with E-state index in [9.17, 15) is 9.18 Å². The molecule has 0 aliphatic carbocycles. The first-order valence-electron chi connectivity index (χ1n) is 4.79. The summed E-state index contributed by atoms with van der Waals surface area (Å²) in [5.41, 5.74) is -0.281. The Kier molecular flexibility index (Phi) is 5.28. The van der Waals surface area contributed by atoms with Crippen LogP contribution in [0.4, 0.5) is 4.39 Å². The minimum atomic E-state index is -1.24. The molecule has 0 heterocycles. The normalized spacial score (nSPS) is 10.4. The molecule has 1 aromatic carbocycles. The van der Waals surface area contributed by atoms with Gasteiger partial charge >= 0.3 is 5.97 Å². The van der Waals surface area contributed by atoms with Crippen LogP contribution in [-0.2, 0) is 4.74 Å². The Labute approximate surface area is 97.6 Å². The molecule has 1 rings (SSSR count). The third-order valence-electron chi connectivity index (χ3n) is 1.93. The van der Waals surface area contributed by atoms with Crippen molar-refractivity contribution < 1.29 is 19.0 Å². The van der Waals surface area contributed by atoms with Gasteiger partial charge in [0.15, 0.2) is 0 Å². The second kappa shape index (κ2) is 6.50. The van der Waals surface area contributed by atoms with E-state index >= 15 is 0 Å². The lowest BCUT2D eigenvalue weighted by molar-refractivity contribution is 0.0691. The second-order valence-electron chi connectivity index (χ2n) is 3.14. The summed E-state index contributed by atoms with van der Waals surface area (Å²) in [5, 5.41) is 8.73. The molecule has 1 N–H and O–H groups in total. The number of thioether (sulfide) groups is 1. The van der Waals surface area contributed by atoms with Crippen molar-refractivity contribution in [1.29, 1.82) is 0 Å². The van der Waals surface area contributed by atoms with Crippen LogP contribution in [0.15, 0.2) is 23.1 Å². The topological polar surface area (TPSA) is 46.5 Å². The van der Waals surface area contributed by atoms with E-state index < -0.39 is 11.8 Å². The van der Waals surface area contributed by atoms with Crippen LogP contribution in [0.25, 0.3) is 0 Å². The second-order valence-corrected chi connectivity index (χ2v) is 4.31. The van der Waals surface area contributed by atoms with Crippen molar-refractivity contribution >= 4 is 17.7 Å². The van der Waals surface area contributed by atoms with E-state index in [1.165, 1.54) is 23.9 Å². The number of benzene rings is 1. The van der Waals surface area contributed by atoms with E-state index in [-0.39, 0.29) is 5.56 Å². The summed E-state index contributed by atoms with van der Waals surface area (Å²) in [4.78, 5) is 11.4. The fraction of sp³-hybridized carbons (Fsp3) is 0.364. The van der Waals surface area contributed by atoms with Crippen molar-refractivity contribution in [2.45, 2.75) is 11.3 Å². The Bertz CT molecular complexity index is 368. The van der Waals surface area contributed by atoms with Gasteiger partial charge in [-0.05, 0) is 24.6 Å². The molecule has 16 heavy (non-hydrogen) atoms. The van der Waals surface area contributed by atoms with Gasteiger partial charge < -0.3 is 9.84 Å². The fourth-order valence-corrected chi connectivity index (χ4v) is 2.01. The summed E-state index contributed by atoms with van der Waals surface area (Å²) in [5.74, 6) is -1.12. The monoisotopic (exact) mass is 244 g/mol. The lowest BCUT2D eigenvalue weighted by atomic mass is 10.2. The van der Waals surface area contributed by atoms with Gasteiger partial charge in [0, 0.05) is 24.4 Å². The average Bonchev–Trinajstić information content (AvgIpc) is 2.26. The number of halogens is 1. The van der Waals surface area contributed by atoms with Gasteiger partial charge in [-0.3, -0.25) is 0 Å². The molecule has 88 valence electrons. The number of methoxy groups -OCH3 is 1. The molecule has 0 amide bonds. The summed E-state index contributed by atoms with van der Waals surface area (Å²) in [6.07, 6.45) is 0.876. The van der Waals surface area contributed by atoms with Crippen LogP contribution in [0, 0.1) is 5.82 Å². The van der Waals surface area contributed by atoms with E-state index in [4.69, 9.17) is 9.84 Å². The van der Waals surface area contributed by atoms with Crippen LogP contribution in [0.5, 0.6) is 0 Å². The third kappa shape index (κ3) is 3.83. The molecule has 0 fully saturated rings. The van der Waals surface area contributed by atoms with E-state index in [1.807, 2.05) is 0 Å². The first-order chi connectivity index (χ1) is 7.65. The minimum absolute atomic E-state index is 0.281. The minimum Gasteiger partial charge on any atom is -0.478 e. The number of hydrogen-bond donors (Lipinski definition) is 1. The Morgan fingerprint density at radius 3 is 2.94 bits per heavy atom. The van der Waals surface area contributed by atoms with Crippen molar-refractivity contribution in [3.63, 3.8) is 0 Å². The summed E-state index contributed by atoms with van der Waals surface area (Å²) in [6.45, 7) is 0.667. The lowest BCUT2D eigenvalue weighted by Crippen LogP contribution is -2.00. The summed E-state index contributed by atoms with van der Waals surface area (Å²) in [6, 6.07) is 4.12. The first kappa shape index (κ1) is 13.0. The number of aromatic carboxylic acids is 1. The SMILES string of the molecule is COCCCSc1ccc(F)c(C(=O)O)c1. The molecule has 0 unspecified atom stereocenters. The maximum Gasteiger partial charge on any atom is 0.338 e. The molecule has 0 radical (unpaired) electrons. The first-order valence-corrected chi connectivity index (χ1v) is 5.78. The van der Waals surface area contributed by atoms with Gasteiger partial charge in [-0.1, -0.05) is 0 Å². The highest BCUT2D eigenvalue weighted by molar-refractivity contribution is 7.99. The average molecular weight is 244 g/mol. The number of carbonyl (C=O) groups is 1. The lowest BCUT2D eigenvalue weighted by Gasteiger charge is -2.03. The van der Waals surface area contributed by atoms with Gasteiger partial charge in [0.25, 0.3) is 0 Å². The highest BCUT2D eigenvalue weighted by Gasteiger charge is 2.10. The molecule has 0 spiro atoms. The van der Waals surface area contributed by atoms with Gasteiger partial charge in [0.05, 0.1) is 5.56 Å². The summed E-state index contributed by atoms with van der Waals surface area (Å²) >= 11 is 1.49. The summed E-state index contributed by atoms with van der Waals surface area (Å²) < 4.78 is 17.9. The van der Waals surface area contributed by atoms with Crippen molar-refractivity contribution in [2.24, 2.45) is 0 Å². The van der Waals surface area contributed by atoms with Gasteiger partial charge in [-0.15, -0.1) is 11.8 Å². The summed E-state index contributed by atoms with van der Waals surface area (Å²) in [7, 11) is 1.63. The van der Waals surface area contributed by atoms with Crippen molar-refractivity contribution in [3.05, 3.63) is 29.6 Å². The molecule has 0 aromatic heterocycles. The number of hydrogen-bond acceptors (Lipinski definition) is 3. The molecule has 0 atom stereocenters. The van der Waals surface area contributed by atoms with Crippen LogP contribution >= 0.6 is 11.8 Å². The predicted octanol–water partition coefficient (Wildman–Crippen LogP) is 2.65. The number of carboxylic acid groups (broad SMARTS) is 1. The Morgan fingerprint density at radius 1 is 1.56 bits per heavy atom. The molecule has 5 heteroatoms. The van der Waals surface area contributed by atoms with Gasteiger partial charge in [-0.25, -0.2) is 9.18 Å². The standard InChI is InChI=1S/C11H13FO3S/c1-15-5-2-6-16-8-3-4-10(12)9(7-8)11(13)14/h3-4,7H,2,5-6H2,1H3,(H,13,14). The van der Waals surface area contributed by atoms with E-state index in [2.05, 4.69) is 0 Å². The molecule has 0 saturated heterocycles.